The van der Waals surface area contributed by atoms with E-state index in [4.69, 9.17) is 5.10 Å². The van der Waals surface area contributed by atoms with Crippen LogP contribution in [0.3, 0.4) is 0 Å². The maximum Gasteiger partial charge on any atom is 0.257 e. The maximum atomic E-state index is 13.5. The first kappa shape index (κ1) is 22.3. The molecule has 5 rings (SSSR count). The fourth-order valence-corrected chi connectivity index (χ4v) is 4.26. The lowest BCUT2D eigenvalue weighted by molar-refractivity contribution is 0.0749. The van der Waals surface area contributed by atoms with Gasteiger partial charge in [-0.05, 0) is 43.5 Å². The SMILES string of the molecule is Cl.Cl.O=C(c1cn(-c2ccccc2)nc1-c1cccnc1)N1CCC2CCC(C1)N2. The smallest absolute Gasteiger partial charge is 0.257 e. The summed E-state index contributed by atoms with van der Waals surface area (Å²) in [5.41, 5.74) is 3.11. The highest BCUT2D eigenvalue weighted by Gasteiger charge is 2.33. The maximum absolute atomic E-state index is 13.5. The van der Waals surface area contributed by atoms with E-state index in [9.17, 15) is 4.79 Å². The van der Waals surface area contributed by atoms with E-state index >= 15 is 0 Å². The topological polar surface area (TPSA) is 63.1 Å². The number of rotatable bonds is 3. The number of likely N-dealkylation sites (tertiary alicyclic amines) is 1. The molecule has 1 aromatic carbocycles. The van der Waals surface area contributed by atoms with Gasteiger partial charge in [0.2, 0.25) is 0 Å². The van der Waals surface area contributed by atoms with Crippen LogP contribution >= 0.6 is 24.8 Å². The number of nitrogens with one attached hydrogen (secondary N) is 1. The van der Waals surface area contributed by atoms with E-state index in [1.807, 2.05) is 53.6 Å². The Balaban J connectivity index is 0.00000128. The molecule has 2 aliphatic heterocycles. The monoisotopic (exact) mass is 445 g/mol. The molecule has 2 unspecified atom stereocenters. The van der Waals surface area contributed by atoms with Gasteiger partial charge in [-0.1, -0.05) is 18.2 Å². The molecule has 0 aliphatic carbocycles. The third-order valence-corrected chi connectivity index (χ3v) is 5.71. The molecule has 0 radical (unpaired) electrons. The average Bonchev–Trinajstić information content (AvgIpc) is 3.32. The first-order chi connectivity index (χ1) is 13.8. The summed E-state index contributed by atoms with van der Waals surface area (Å²) in [7, 11) is 0. The Kier molecular flexibility index (Phi) is 7.13. The second-order valence-corrected chi connectivity index (χ2v) is 7.59. The molecule has 2 fully saturated rings. The zero-order valence-electron chi connectivity index (χ0n) is 16.5. The van der Waals surface area contributed by atoms with Crippen molar-refractivity contribution >= 4 is 30.7 Å². The lowest BCUT2D eigenvalue weighted by atomic mass is 10.1. The molecular formula is C22H25Cl2N5O. The number of halogens is 2. The van der Waals surface area contributed by atoms with Crippen molar-refractivity contribution in [3.8, 4) is 16.9 Å². The van der Waals surface area contributed by atoms with Gasteiger partial charge in [-0.2, -0.15) is 5.10 Å². The van der Waals surface area contributed by atoms with E-state index < -0.39 is 0 Å². The van der Waals surface area contributed by atoms with Crippen LogP contribution in [0.15, 0.2) is 61.1 Å². The molecule has 1 N–H and O–H groups in total. The number of hydrogen-bond acceptors (Lipinski definition) is 4. The Bertz CT molecular complexity index is 980. The predicted molar refractivity (Wildman–Crippen MR) is 122 cm³/mol. The number of hydrogen-bond donors (Lipinski definition) is 1. The highest BCUT2D eigenvalue weighted by atomic mass is 35.5. The molecule has 6 nitrogen and oxygen atoms in total. The van der Waals surface area contributed by atoms with E-state index in [0.717, 1.165) is 37.2 Å². The summed E-state index contributed by atoms with van der Waals surface area (Å²) in [6.07, 6.45) is 8.73. The van der Waals surface area contributed by atoms with Crippen LogP contribution in [-0.2, 0) is 0 Å². The molecule has 2 atom stereocenters. The van der Waals surface area contributed by atoms with Crippen molar-refractivity contribution in [3.63, 3.8) is 0 Å². The number of amides is 1. The summed E-state index contributed by atoms with van der Waals surface area (Å²) in [4.78, 5) is 19.7. The summed E-state index contributed by atoms with van der Waals surface area (Å²) in [5, 5.41) is 8.39. The minimum absolute atomic E-state index is 0. The molecular weight excluding hydrogens is 421 g/mol. The van der Waals surface area contributed by atoms with Gasteiger partial charge < -0.3 is 10.2 Å². The van der Waals surface area contributed by atoms with Crippen molar-refractivity contribution in [2.24, 2.45) is 0 Å². The number of pyridine rings is 1. The fraction of sp³-hybridized carbons (Fsp3) is 0.318. The molecule has 1 amide bonds. The van der Waals surface area contributed by atoms with Gasteiger partial charge in [0.15, 0.2) is 0 Å². The van der Waals surface area contributed by atoms with E-state index in [0.29, 0.717) is 23.3 Å². The van der Waals surface area contributed by atoms with Crippen LogP contribution in [0.1, 0.15) is 29.6 Å². The van der Waals surface area contributed by atoms with E-state index in [1.54, 1.807) is 17.1 Å². The van der Waals surface area contributed by atoms with Gasteiger partial charge in [0.05, 0.1) is 11.3 Å². The Morgan fingerprint density at radius 3 is 2.57 bits per heavy atom. The number of benzene rings is 1. The van der Waals surface area contributed by atoms with Crippen LogP contribution in [0, 0.1) is 0 Å². The lowest BCUT2D eigenvalue weighted by Gasteiger charge is -2.24. The third-order valence-electron chi connectivity index (χ3n) is 5.71. The van der Waals surface area contributed by atoms with Gasteiger partial charge in [-0.25, -0.2) is 4.68 Å². The fourth-order valence-electron chi connectivity index (χ4n) is 4.26. The highest BCUT2D eigenvalue weighted by Crippen LogP contribution is 2.27. The van der Waals surface area contributed by atoms with Crippen LogP contribution in [0.5, 0.6) is 0 Å². The average molecular weight is 446 g/mol. The van der Waals surface area contributed by atoms with Crippen molar-refractivity contribution in [2.45, 2.75) is 31.3 Å². The van der Waals surface area contributed by atoms with Crippen molar-refractivity contribution in [1.29, 1.82) is 0 Å². The summed E-state index contributed by atoms with van der Waals surface area (Å²) in [5.74, 6) is 0.0513. The zero-order valence-corrected chi connectivity index (χ0v) is 18.1. The van der Waals surface area contributed by atoms with Crippen LogP contribution in [0.4, 0.5) is 0 Å². The van der Waals surface area contributed by atoms with Gasteiger partial charge in [0.25, 0.3) is 5.91 Å². The molecule has 4 heterocycles. The van der Waals surface area contributed by atoms with E-state index in [2.05, 4.69) is 10.3 Å². The van der Waals surface area contributed by atoms with Crippen molar-refractivity contribution in [1.82, 2.24) is 25.0 Å². The van der Waals surface area contributed by atoms with Crippen molar-refractivity contribution < 1.29 is 4.79 Å². The Hall–Kier alpha value is -2.41. The summed E-state index contributed by atoms with van der Waals surface area (Å²) in [6, 6.07) is 14.7. The highest BCUT2D eigenvalue weighted by molar-refractivity contribution is 6.00. The minimum Gasteiger partial charge on any atom is -0.337 e. The van der Waals surface area contributed by atoms with E-state index in [-0.39, 0.29) is 30.7 Å². The molecule has 158 valence electrons. The largest absolute Gasteiger partial charge is 0.337 e. The predicted octanol–water partition coefficient (Wildman–Crippen LogP) is 3.74. The standard InChI is InChI=1S/C22H23N5O.2ClH/c28-22(26-12-10-17-8-9-18(14-26)24-17)20-15-27(19-6-2-1-3-7-19)25-21(20)16-5-4-11-23-13-16;;/h1-7,11,13,15,17-18,24H,8-10,12,14H2;2*1H. The van der Waals surface area contributed by atoms with Crippen molar-refractivity contribution in [3.05, 3.63) is 66.6 Å². The molecule has 0 spiro atoms. The molecule has 8 heteroatoms. The van der Waals surface area contributed by atoms with Gasteiger partial charge in [0, 0.05) is 49.3 Å². The Morgan fingerprint density at radius 1 is 1.00 bits per heavy atom. The molecule has 2 aliphatic rings. The Morgan fingerprint density at radius 2 is 1.80 bits per heavy atom. The third kappa shape index (κ3) is 4.36. The Labute approximate surface area is 188 Å². The van der Waals surface area contributed by atoms with E-state index in [1.165, 1.54) is 6.42 Å². The van der Waals surface area contributed by atoms with Crippen LogP contribution in [0.25, 0.3) is 16.9 Å². The number of aromatic nitrogens is 3. The van der Waals surface area contributed by atoms with Crippen LogP contribution in [-0.4, -0.2) is 50.7 Å². The second-order valence-electron chi connectivity index (χ2n) is 7.59. The van der Waals surface area contributed by atoms with Crippen LogP contribution in [0.2, 0.25) is 0 Å². The summed E-state index contributed by atoms with van der Waals surface area (Å²) < 4.78 is 1.79. The van der Waals surface area contributed by atoms with Gasteiger partial charge in [-0.15, -0.1) is 24.8 Å². The normalized spacial score (nSPS) is 20.1. The molecule has 0 saturated carbocycles. The first-order valence-corrected chi connectivity index (χ1v) is 9.89. The van der Waals surface area contributed by atoms with Crippen molar-refractivity contribution in [2.75, 3.05) is 13.1 Å². The lowest BCUT2D eigenvalue weighted by Crippen LogP contribution is -2.39. The first-order valence-electron chi connectivity index (χ1n) is 9.89. The van der Waals surface area contributed by atoms with Gasteiger partial charge >= 0.3 is 0 Å². The number of para-hydroxylation sites is 1. The number of fused-ring (bicyclic) bond motifs is 2. The number of nitrogens with zero attached hydrogens (tertiary/aromatic N) is 4. The number of carbonyl (C=O) groups excluding carboxylic acids is 1. The zero-order chi connectivity index (χ0) is 18.9. The second kappa shape index (κ2) is 9.60. The van der Waals surface area contributed by atoms with Gasteiger partial charge in [0.1, 0.15) is 5.69 Å². The molecule has 3 aromatic rings. The molecule has 30 heavy (non-hydrogen) atoms. The quantitative estimate of drug-likeness (QED) is 0.666. The minimum atomic E-state index is 0. The molecule has 2 saturated heterocycles. The summed E-state index contributed by atoms with van der Waals surface area (Å²) >= 11 is 0. The van der Waals surface area contributed by atoms with Crippen LogP contribution < -0.4 is 5.32 Å². The molecule has 2 aromatic heterocycles. The molecule has 2 bridgehead atoms. The summed E-state index contributed by atoms with van der Waals surface area (Å²) in [6.45, 7) is 1.55. The van der Waals surface area contributed by atoms with Gasteiger partial charge in [-0.3, -0.25) is 9.78 Å². The number of carbonyl (C=O) groups is 1.